The molecule has 9 heteroatoms. The Morgan fingerprint density at radius 2 is 2.03 bits per heavy atom. The standard InChI is InChI=1S/C20H17N7OS/c1-12-7-13(2)27-19(23-12)24-17(26-27)9-18(28)25-20-22-11-16(29-20)8-14-3-5-15(10-21)6-4-14/h3-7,11H,8-9H2,1-2H3,(H,22,25,28). The smallest absolute Gasteiger partial charge is 0.252 e. The van der Waals surface area contributed by atoms with Crippen molar-refractivity contribution in [3.63, 3.8) is 0 Å². The number of carbonyl (C=O) groups excluding carboxylic acids is 1. The summed E-state index contributed by atoms with van der Waals surface area (Å²) < 4.78 is 1.63. The van der Waals surface area contributed by atoms with Crippen LogP contribution in [0.3, 0.4) is 0 Å². The predicted molar refractivity (Wildman–Crippen MR) is 109 cm³/mol. The number of fused-ring (bicyclic) bond motifs is 1. The van der Waals surface area contributed by atoms with Gasteiger partial charge in [-0.3, -0.25) is 4.79 Å². The quantitative estimate of drug-likeness (QED) is 0.549. The van der Waals surface area contributed by atoms with Gasteiger partial charge in [0.15, 0.2) is 11.0 Å². The number of rotatable bonds is 5. The molecule has 0 unspecified atom stereocenters. The van der Waals surface area contributed by atoms with Gasteiger partial charge in [-0.05, 0) is 37.6 Å². The molecule has 1 N–H and O–H groups in total. The molecule has 0 aliphatic heterocycles. The monoisotopic (exact) mass is 403 g/mol. The van der Waals surface area contributed by atoms with Crippen LogP contribution in [0, 0.1) is 25.2 Å². The third-order valence-electron chi connectivity index (χ3n) is 4.24. The van der Waals surface area contributed by atoms with E-state index < -0.39 is 0 Å². The molecule has 3 aromatic heterocycles. The average molecular weight is 403 g/mol. The van der Waals surface area contributed by atoms with Crippen LogP contribution in [0.1, 0.15) is 33.2 Å². The molecule has 8 nitrogen and oxygen atoms in total. The fourth-order valence-electron chi connectivity index (χ4n) is 2.94. The fraction of sp³-hybridized carbons (Fsp3) is 0.200. The first-order valence-electron chi connectivity index (χ1n) is 8.93. The number of nitriles is 1. The van der Waals surface area contributed by atoms with Crippen LogP contribution in [-0.4, -0.2) is 30.5 Å². The number of hydrogen-bond donors (Lipinski definition) is 1. The van der Waals surface area contributed by atoms with E-state index in [4.69, 9.17) is 5.26 Å². The van der Waals surface area contributed by atoms with E-state index in [1.807, 2.05) is 32.0 Å². The van der Waals surface area contributed by atoms with Crippen LogP contribution >= 0.6 is 11.3 Å². The lowest BCUT2D eigenvalue weighted by Gasteiger charge is -1.99. The second-order valence-corrected chi connectivity index (χ2v) is 7.74. The summed E-state index contributed by atoms with van der Waals surface area (Å²) in [5.41, 5.74) is 3.49. The van der Waals surface area contributed by atoms with Crippen molar-refractivity contribution in [3.8, 4) is 6.07 Å². The molecule has 0 bridgehead atoms. The summed E-state index contributed by atoms with van der Waals surface area (Å²) in [5, 5.41) is 16.6. The Kier molecular flexibility index (Phi) is 5.01. The molecule has 4 rings (SSSR count). The first kappa shape index (κ1) is 18.7. The van der Waals surface area contributed by atoms with Gasteiger partial charge in [0, 0.05) is 28.9 Å². The van der Waals surface area contributed by atoms with E-state index in [1.54, 1.807) is 22.8 Å². The Morgan fingerprint density at radius 1 is 1.24 bits per heavy atom. The number of nitrogens with zero attached hydrogens (tertiary/aromatic N) is 6. The minimum absolute atomic E-state index is 0.0480. The van der Waals surface area contributed by atoms with Crippen molar-refractivity contribution in [1.29, 1.82) is 5.26 Å². The summed E-state index contributed by atoms with van der Waals surface area (Å²) in [4.78, 5) is 26.3. The molecule has 0 radical (unpaired) electrons. The molecule has 0 saturated heterocycles. The molecule has 0 aliphatic rings. The van der Waals surface area contributed by atoms with E-state index in [2.05, 4.69) is 31.4 Å². The molecule has 0 aliphatic carbocycles. The van der Waals surface area contributed by atoms with E-state index in [0.29, 0.717) is 28.7 Å². The highest BCUT2D eigenvalue weighted by atomic mass is 32.1. The highest BCUT2D eigenvalue weighted by Crippen LogP contribution is 2.21. The maximum absolute atomic E-state index is 12.4. The molecule has 0 saturated carbocycles. The maximum atomic E-state index is 12.4. The van der Waals surface area contributed by atoms with E-state index in [0.717, 1.165) is 21.8 Å². The Labute approximate surface area is 170 Å². The van der Waals surface area contributed by atoms with E-state index in [9.17, 15) is 4.79 Å². The van der Waals surface area contributed by atoms with Crippen LogP contribution in [0.4, 0.5) is 5.13 Å². The van der Waals surface area contributed by atoms with Crippen molar-refractivity contribution in [2.24, 2.45) is 0 Å². The van der Waals surface area contributed by atoms with Gasteiger partial charge in [0.05, 0.1) is 18.1 Å². The summed E-state index contributed by atoms with van der Waals surface area (Å²) in [7, 11) is 0. The molecule has 0 atom stereocenters. The lowest BCUT2D eigenvalue weighted by molar-refractivity contribution is -0.115. The van der Waals surface area contributed by atoms with Gasteiger partial charge in [0.2, 0.25) is 5.91 Å². The van der Waals surface area contributed by atoms with Crippen LogP contribution in [0.5, 0.6) is 0 Å². The third-order valence-corrected chi connectivity index (χ3v) is 5.15. The van der Waals surface area contributed by atoms with Crippen LogP contribution in [0.2, 0.25) is 0 Å². The van der Waals surface area contributed by atoms with Crippen molar-refractivity contribution < 1.29 is 4.79 Å². The van der Waals surface area contributed by atoms with Crippen molar-refractivity contribution in [2.75, 3.05) is 5.32 Å². The number of aryl methyl sites for hydroxylation is 2. The largest absolute Gasteiger partial charge is 0.302 e. The summed E-state index contributed by atoms with van der Waals surface area (Å²) in [6.07, 6.45) is 2.49. The molecule has 0 spiro atoms. The Balaban J connectivity index is 1.40. The Hall–Kier alpha value is -3.64. The van der Waals surface area contributed by atoms with Crippen molar-refractivity contribution >= 4 is 28.2 Å². The second-order valence-electron chi connectivity index (χ2n) is 6.62. The summed E-state index contributed by atoms with van der Waals surface area (Å²) in [6.45, 7) is 3.82. The summed E-state index contributed by atoms with van der Waals surface area (Å²) in [5.74, 6) is 0.678. The first-order chi connectivity index (χ1) is 14.0. The Morgan fingerprint density at radius 3 is 2.79 bits per heavy atom. The molecular formula is C20H17N7OS. The zero-order valence-corrected chi connectivity index (χ0v) is 16.7. The minimum Gasteiger partial charge on any atom is -0.302 e. The fourth-order valence-corrected chi connectivity index (χ4v) is 3.80. The minimum atomic E-state index is -0.227. The van der Waals surface area contributed by atoms with E-state index >= 15 is 0 Å². The lowest BCUT2D eigenvalue weighted by atomic mass is 10.1. The number of anilines is 1. The van der Waals surface area contributed by atoms with Crippen LogP contribution in [0.25, 0.3) is 5.78 Å². The normalized spacial score (nSPS) is 10.8. The number of hydrogen-bond acceptors (Lipinski definition) is 7. The summed E-state index contributed by atoms with van der Waals surface area (Å²) >= 11 is 1.42. The second kappa shape index (κ2) is 7.77. The first-order valence-corrected chi connectivity index (χ1v) is 9.75. The molecule has 3 heterocycles. The van der Waals surface area contributed by atoms with Gasteiger partial charge >= 0.3 is 0 Å². The van der Waals surface area contributed by atoms with Crippen LogP contribution < -0.4 is 5.32 Å². The number of thiazole rings is 1. The van der Waals surface area contributed by atoms with E-state index in [-0.39, 0.29) is 12.3 Å². The lowest BCUT2D eigenvalue weighted by Crippen LogP contribution is -2.15. The number of aromatic nitrogens is 5. The summed E-state index contributed by atoms with van der Waals surface area (Å²) in [6, 6.07) is 11.4. The highest BCUT2D eigenvalue weighted by Gasteiger charge is 2.13. The van der Waals surface area contributed by atoms with Gasteiger partial charge in [-0.2, -0.15) is 10.2 Å². The van der Waals surface area contributed by atoms with Crippen molar-refractivity contribution in [3.05, 3.63) is 69.7 Å². The number of nitrogens with one attached hydrogen (secondary N) is 1. The number of carbonyl (C=O) groups is 1. The van der Waals surface area contributed by atoms with Gasteiger partial charge in [0.1, 0.15) is 0 Å². The maximum Gasteiger partial charge on any atom is 0.252 e. The highest BCUT2D eigenvalue weighted by molar-refractivity contribution is 7.15. The molecule has 29 heavy (non-hydrogen) atoms. The number of benzene rings is 1. The van der Waals surface area contributed by atoms with Gasteiger partial charge in [-0.15, -0.1) is 16.4 Å². The van der Waals surface area contributed by atoms with Crippen molar-refractivity contribution in [2.45, 2.75) is 26.7 Å². The molecule has 4 aromatic rings. The zero-order valence-electron chi connectivity index (χ0n) is 15.9. The topological polar surface area (TPSA) is 109 Å². The molecule has 1 aromatic carbocycles. The molecular weight excluding hydrogens is 386 g/mol. The van der Waals surface area contributed by atoms with Gasteiger partial charge < -0.3 is 5.32 Å². The van der Waals surface area contributed by atoms with E-state index in [1.165, 1.54) is 11.3 Å². The van der Waals surface area contributed by atoms with Gasteiger partial charge in [0.25, 0.3) is 5.78 Å². The van der Waals surface area contributed by atoms with Crippen LogP contribution in [0.15, 0.2) is 36.5 Å². The van der Waals surface area contributed by atoms with Crippen LogP contribution in [-0.2, 0) is 17.6 Å². The van der Waals surface area contributed by atoms with Crippen molar-refractivity contribution in [1.82, 2.24) is 24.6 Å². The molecule has 1 amide bonds. The number of amides is 1. The molecule has 0 fully saturated rings. The third kappa shape index (κ3) is 4.28. The SMILES string of the molecule is Cc1cc(C)n2nc(CC(=O)Nc3ncc(Cc4ccc(C#N)cc4)s3)nc2n1. The Bertz CT molecular complexity index is 1230. The van der Waals surface area contributed by atoms with Gasteiger partial charge in [-0.1, -0.05) is 12.1 Å². The zero-order chi connectivity index (χ0) is 20.4. The molecule has 144 valence electrons. The average Bonchev–Trinajstić information content (AvgIpc) is 3.28. The predicted octanol–water partition coefficient (Wildman–Crippen LogP) is 2.84. The van der Waals surface area contributed by atoms with Gasteiger partial charge in [-0.25, -0.2) is 14.5 Å².